The lowest BCUT2D eigenvalue weighted by Crippen LogP contribution is -2.50. The van der Waals surface area contributed by atoms with Crippen LogP contribution in [-0.4, -0.2) is 34.9 Å². The molecule has 3 rings (SSSR count). The predicted molar refractivity (Wildman–Crippen MR) is 78.7 cm³/mol. The summed E-state index contributed by atoms with van der Waals surface area (Å²) in [6.45, 7) is 3.42. The van der Waals surface area contributed by atoms with Gasteiger partial charge in [-0.25, -0.2) is 4.79 Å². The van der Waals surface area contributed by atoms with Gasteiger partial charge in [0, 0.05) is 29.9 Å². The van der Waals surface area contributed by atoms with Crippen molar-refractivity contribution in [1.82, 2.24) is 9.88 Å². The summed E-state index contributed by atoms with van der Waals surface area (Å²) in [4.78, 5) is 29.0. The van der Waals surface area contributed by atoms with Crippen molar-refractivity contribution in [3.63, 3.8) is 0 Å². The van der Waals surface area contributed by atoms with Crippen molar-refractivity contribution in [1.29, 1.82) is 0 Å². The molecule has 2 atom stereocenters. The van der Waals surface area contributed by atoms with Crippen LogP contribution in [0.15, 0.2) is 24.3 Å². The van der Waals surface area contributed by atoms with Crippen LogP contribution in [0.25, 0.3) is 10.9 Å². The van der Waals surface area contributed by atoms with Gasteiger partial charge >= 0.3 is 5.97 Å². The molecule has 0 spiro atoms. The Hall–Kier alpha value is -2.30. The third-order valence-electron chi connectivity index (χ3n) is 4.25. The summed E-state index contributed by atoms with van der Waals surface area (Å²) in [6.07, 6.45) is 0.482. The minimum absolute atomic E-state index is 0.123. The van der Waals surface area contributed by atoms with Crippen LogP contribution in [0.3, 0.4) is 0 Å². The first-order chi connectivity index (χ1) is 10.0. The molecule has 1 amide bonds. The number of hydrogen-bond acceptors (Lipinski definition) is 3. The Morgan fingerprint density at radius 2 is 2.05 bits per heavy atom. The second-order valence-corrected chi connectivity index (χ2v) is 5.41. The number of hydrogen-bond donors (Lipinski definition) is 1. The molecule has 21 heavy (non-hydrogen) atoms. The molecule has 1 aliphatic rings. The molecule has 2 heterocycles. The second-order valence-electron chi connectivity index (χ2n) is 5.41. The largest absolute Gasteiger partial charge is 0.467 e. The Bertz CT molecular complexity index is 719. The third-order valence-corrected chi connectivity index (χ3v) is 4.25. The highest BCUT2D eigenvalue weighted by Crippen LogP contribution is 2.37. The molecule has 0 aliphatic carbocycles. The number of aromatic nitrogens is 1. The zero-order chi connectivity index (χ0) is 15.1. The zero-order valence-electron chi connectivity index (χ0n) is 12.3. The first-order valence-electron chi connectivity index (χ1n) is 7.00. The zero-order valence-corrected chi connectivity index (χ0v) is 12.3. The number of aromatic amines is 1. The van der Waals surface area contributed by atoms with Gasteiger partial charge in [-0.15, -0.1) is 0 Å². The molecule has 1 aliphatic heterocycles. The topological polar surface area (TPSA) is 62.4 Å². The van der Waals surface area contributed by atoms with Gasteiger partial charge in [-0.3, -0.25) is 4.79 Å². The summed E-state index contributed by atoms with van der Waals surface area (Å²) in [5.74, 6) is -0.491. The fourth-order valence-corrected chi connectivity index (χ4v) is 3.32. The van der Waals surface area contributed by atoms with Crippen LogP contribution in [0.1, 0.15) is 31.1 Å². The smallest absolute Gasteiger partial charge is 0.328 e. The van der Waals surface area contributed by atoms with Gasteiger partial charge in [-0.1, -0.05) is 18.2 Å². The number of ether oxygens (including phenoxy) is 1. The Morgan fingerprint density at radius 3 is 2.71 bits per heavy atom. The molecular weight excluding hydrogens is 268 g/mol. The highest BCUT2D eigenvalue weighted by Gasteiger charge is 2.39. The number of carbonyl (C=O) groups excluding carboxylic acids is 2. The molecule has 110 valence electrons. The van der Waals surface area contributed by atoms with E-state index in [9.17, 15) is 9.59 Å². The maximum absolute atomic E-state index is 12.1. The van der Waals surface area contributed by atoms with E-state index in [1.165, 1.54) is 14.0 Å². The van der Waals surface area contributed by atoms with E-state index in [1.807, 2.05) is 31.2 Å². The van der Waals surface area contributed by atoms with Gasteiger partial charge in [-0.2, -0.15) is 0 Å². The van der Waals surface area contributed by atoms with Crippen molar-refractivity contribution in [2.45, 2.75) is 32.4 Å². The lowest BCUT2D eigenvalue weighted by Gasteiger charge is -2.38. The fourth-order valence-electron chi connectivity index (χ4n) is 3.32. The molecule has 5 nitrogen and oxygen atoms in total. The minimum Gasteiger partial charge on any atom is -0.467 e. The van der Waals surface area contributed by atoms with E-state index in [-0.39, 0.29) is 17.9 Å². The standard InChI is InChI=1S/C16H18N2O3/c1-9-15-12(11-6-4-5-7-13(11)17-15)8-14(16(20)21-3)18(9)10(2)19/h4-7,9,14,17H,8H2,1-3H3/t9?,14-/m0/s1. The van der Waals surface area contributed by atoms with Gasteiger partial charge < -0.3 is 14.6 Å². The Morgan fingerprint density at radius 1 is 1.33 bits per heavy atom. The first-order valence-corrected chi connectivity index (χ1v) is 7.00. The number of fused-ring (bicyclic) bond motifs is 3. The van der Waals surface area contributed by atoms with E-state index in [2.05, 4.69) is 4.98 Å². The summed E-state index contributed by atoms with van der Waals surface area (Å²) in [7, 11) is 1.36. The average Bonchev–Trinajstić information content (AvgIpc) is 2.85. The fraction of sp³-hybridized carbons (Fsp3) is 0.375. The van der Waals surface area contributed by atoms with E-state index in [0.717, 1.165) is 22.2 Å². The summed E-state index contributed by atoms with van der Waals surface area (Å²) in [5, 5.41) is 1.11. The third kappa shape index (κ3) is 2.00. The van der Waals surface area contributed by atoms with Gasteiger partial charge in [-0.05, 0) is 18.6 Å². The molecule has 0 saturated carbocycles. The Labute approximate surface area is 122 Å². The van der Waals surface area contributed by atoms with Crippen molar-refractivity contribution >= 4 is 22.8 Å². The van der Waals surface area contributed by atoms with Gasteiger partial charge in [0.15, 0.2) is 0 Å². The normalized spacial score (nSPS) is 21.2. The van der Waals surface area contributed by atoms with Crippen LogP contribution in [0.5, 0.6) is 0 Å². The molecule has 5 heteroatoms. The number of methoxy groups -OCH3 is 1. The number of amides is 1. The van der Waals surface area contributed by atoms with Crippen LogP contribution in [0.2, 0.25) is 0 Å². The Balaban J connectivity index is 2.16. The molecule has 2 aromatic rings. The van der Waals surface area contributed by atoms with Crippen LogP contribution in [0.4, 0.5) is 0 Å². The lowest BCUT2D eigenvalue weighted by molar-refractivity contribution is -0.154. The van der Waals surface area contributed by atoms with E-state index in [4.69, 9.17) is 4.74 Å². The van der Waals surface area contributed by atoms with Gasteiger partial charge in [0.2, 0.25) is 5.91 Å². The van der Waals surface area contributed by atoms with Crippen molar-refractivity contribution in [2.24, 2.45) is 0 Å². The number of H-pyrrole nitrogens is 1. The molecule has 0 bridgehead atoms. The first kappa shape index (κ1) is 13.7. The number of para-hydroxylation sites is 1. The monoisotopic (exact) mass is 286 g/mol. The minimum atomic E-state index is -0.561. The summed E-state index contributed by atoms with van der Waals surface area (Å²) >= 11 is 0. The van der Waals surface area contributed by atoms with E-state index in [0.29, 0.717) is 6.42 Å². The van der Waals surface area contributed by atoms with Crippen LogP contribution >= 0.6 is 0 Å². The number of esters is 1. The summed E-state index contributed by atoms with van der Waals surface area (Å²) in [5.41, 5.74) is 3.14. The van der Waals surface area contributed by atoms with Crippen LogP contribution in [-0.2, 0) is 20.7 Å². The van der Waals surface area contributed by atoms with Crippen molar-refractivity contribution in [2.75, 3.05) is 7.11 Å². The molecule has 1 N–H and O–H groups in total. The molecule has 1 unspecified atom stereocenters. The van der Waals surface area contributed by atoms with Crippen molar-refractivity contribution < 1.29 is 14.3 Å². The quantitative estimate of drug-likeness (QED) is 0.817. The van der Waals surface area contributed by atoms with Crippen molar-refractivity contribution in [3.05, 3.63) is 35.5 Å². The molecule has 0 radical (unpaired) electrons. The predicted octanol–water partition coefficient (Wildman–Crippen LogP) is 2.18. The second kappa shape index (κ2) is 4.91. The molecule has 0 fully saturated rings. The molecule has 0 saturated heterocycles. The Kier molecular flexibility index (Phi) is 3.20. The van der Waals surface area contributed by atoms with Gasteiger partial charge in [0.25, 0.3) is 0 Å². The van der Waals surface area contributed by atoms with E-state index in [1.54, 1.807) is 4.90 Å². The maximum Gasteiger partial charge on any atom is 0.328 e. The van der Waals surface area contributed by atoms with E-state index >= 15 is 0 Å². The lowest BCUT2D eigenvalue weighted by atomic mass is 9.92. The van der Waals surface area contributed by atoms with Crippen molar-refractivity contribution in [3.8, 4) is 0 Å². The highest BCUT2D eigenvalue weighted by atomic mass is 16.5. The SMILES string of the molecule is COC(=O)[C@@H]1Cc2c([nH]c3ccccc23)C(C)N1C(C)=O. The molecular formula is C16H18N2O3. The van der Waals surface area contributed by atoms with Crippen LogP contribution < -0.4 is 0 Å². The summed E-state index contributed by atoms with van der Waals surface area (Å²) in [6, 6.07) is 7.25. The summed E-state index contributed by atoms with van der Waals surface area (Å²) < 4.78 is 4.88. The average molecular weight is 286 g/mol. The van der Waals surface area contributed by atoms with Gasteiger partial charge in [0.05, 0.1) is 13.2 Å². The number of carbonyl (C=O) groups is 2. The van der Waals surface area contributed by atoms with E-state index < -0.39 is 6.04 Å². The number of benzene rings is 1. The number of nitrogens with zero attached hydrogens (tertiary/aromatic N) is 1. The van der Waals surface area contributed by atoms with Gasteiger partial charge in [0.1, 0.15) is 6.04 Å². The van der Waals surface area contributed by atoms with Crippen LogP contribution in [0, 0.1) is 0 Å². The number of rotatable bonds is 1. The number of nitrogens with one attached hydrogen (secondary N) is 1. The highest BCUT2D eigenvalue weighted by molar-refractivity contribution is 5.89. The maximum atomic E-state index is 12.1. The molecule has 1 aromatic carbocycles. The molecule has 1 aromatic heterocycles.